The van der Waals surface area contributed by atoms with E-state index in [-0.39, 0.29) is 26.4 Å². The van der Waals surface area contributed by atoms with Crippen molar-refractivity contribution >= 4 is 47.8 Å². The second kappa shape index (κ2) is 23.9. The molecule has 4 N–H and O–H groups in total. The summed E-state index contributed by atoms with van der Waals surface area (Å²) in [5, 5.41) is 32.8. The molecule has 0 aromatic rings. The Labute approximate surface area is 262 Å². The van der Waals surface area contributed by atoms with Crippen LogP contribution in [0.2, 0.25) is 0 Å². The highest BCUT2D eigenvalue weighted by Gasteiger charge is 2.33. The zero-order valence-electron chi connectivity index (χ0n) is 26.0. The van der Waals surface area contributed by atoms with Crippen LogP contribution in [0.25, 0.3) is 0 Å². The minimum absolute atomic E-state index is 0.125. The van der Waals surface area contributed by atoms with Crippen LogP contribution in [0.1, 0.15) is 41.5 Å². The van der Waals surface area contributed by atoms with Gasteiger partial charge in [-0.15, -0.1) is 0 Å². The van der Waals surface area contributed by atoms with Gasteiger partial charge < -0.3 is 58.3 Å². The Bertz CT molecular complexity index is 901. The van der Waals surface area contributed by atoms with Gasteiger partial charge in [0.05, 0.1) is 13.2 Å². The summed E-state index contributed by atoms with van der Waals surface area (Å²) in [5.74, 6) is -5.62. The van der Waals surface area contributed by atoms with Crippen LogP contribution in [0.3, 0.4) is 0 Å². The lowest BCUT2D eigenvalue weighted by Gasteiger charge is -2.22. The molecule has 0 spiro atoms. The van der Waals surface area contributed by atoms with Crippen molar-refractivity contribution in [3.8, 4) is 0 Å². The SMILES string of the molecule is CC(O)C(=O)OCC(=O)OCCOC(=O)COC(=O)C(C)O.CC1OC(=O)C(C)OC1=O.CC1OC(=O)C(C)OC1=O.OCCO. The van der Waals surface area contributed by atoms with Crippen molar-refractivity contribution in [2.24, 2.45) is 0 Å². The van der Waals surface area contributed by atoms with Crippen molar-refractivity contribution in [3.05, 3.63) is 0 Å². The van der Waals surface area contributed by atoms with Gasteiger partial charge in [0.2, 0.25) is 0 Å². The first kappa shape index (κ1) is 43.7. The Balaban J connectivity index is 0. The number of carbonyl (C=O) groups is 8. The molecule has 2 aliphatic heterocycles. The van der Waals surface area contributed by atoms with Gasteiger partial charge in [-0.1, -0.05) is 0 Å². The van der Waals surface area contributed by atoms with E-state index in [9.17, 15) is 38.4 Å². The number of aliphatic hydroxyl groups is 4. The Kier molecular flexibility index (Phi) is 22.7. The van der Waals surface area contributed by atoms with E-state index < -0.39 is 97.6 Å². The Hall–Kier alpha value is -4.40. The molecule has 2 heterocycles. The van der Waals surface area contributed by atoms with Crippen LogP contribution in [0.15, 0.2) is 0 Å². The van der Waals surface area contributed by atoms with E-state index in [0.717, 1.165) is 0 Å². The standard InChI is InChI=1S/C12H18O10.2C6H8O4.C2H6O2/c1-7(13)11(17)21-5-9(15)19-3-4-20-10(16)6-22-12(18)8(2)14;2*1-3-5(7)10-4(2)6(8)9-3;3-1-2-4/h7-8,13-14H,3-6H2,1-2H3;2*3-4H,1-2H3;3-4H,1-2H2. The zero-order chi connectivity index (χ0) is 36.0. The fourth-order valence-electron chi connectivity index (χ4n) is 2.17. The largest absolute Gasteiger partial charge is 0.460 e. The van der Waals surface area contributed by atoms with Gasteiger partial charge in [-0.2, -0.15) is 0 Å². The lowest BCUT2D eigenvalue weighted by atomic mass is 10.3. The van der Waals surface area contributed by atoms with E-state index in [1.165, 1.54) is 41.5 Å². The Morgan fingerprint density at radius 1 is 0.565 bits per heavy atom. The van der Waals surface area contributed by atoms with Gasteiger partial charge in [-0.25, -0.2) is 38.4 Å². The number of hydrogen-bond acceptors (Lipinski definition) is 20. The summed E-state index contributed by atoms with van der Waals surface area (Å²) in [6, 6.07) is 0. The van der Waals surface area contributed by atoms with Gasteiger partial charge >= 0.3 is 47.8 Å². The van der Waals surface area contributed by atoms with Gasteiger partial charge in [0, 0.05) is 0 Å². The average Bonchev–Trinajstić information content (AvgIpc) is 2.99. The number of esters is 8. The predicted molar refractivity (Wildman–Crippen MR) is 144 cm³/mol. The van der Waals surface area contributed by atoms with Gasteiger partial charge in [0.1, 0.15) is 25.4 Å². The smallest absolute Gasteiger partial charge is 0.347 e. The maximum absolute atomic E-state index is 11.1. The quantitative estimate of drug-likeness (QED) is 0.0999. The molecule has 20 heteroatoms. The maximum atomic E-state index is 11.1. The molecule has 0 amide bonds. The first-order valence-electron chi connectivity index (χ1n) is 13.4. The first-order valence-corrected chi connectivity index (χ1v) is 13.4. The summed E-state index contributed by atoms with van der Waals surface area (Å²) in [4.78, 5) is 86.4. The summed E-state index contributed by atoms with van der Waals surface area (Å²) < 4.78 is 36.3. The van der Waals surface area contributed by atoms with E-state index in [2.05, 4.69) is 37.9 Å². The molecule has 0 radical (unpaired) electrons. The summed E-state index contributed by atoms with van der Waals surface area (Å²) in [7, 11) is 0. The van der Waals surface area contributed by atoms with Crippen molar-refractivity contribution in [2.75, 3.05) is 39.6 Å². The second-order valence-corrected chi connectivity index (χ2v) is 8.77. The van der Waals surface area contributed by atoms with E-state index in [1.54, 1.807) is 0 Å². The third-order valence-corrected chi connectivity index (χ3v) is 4.56. The second-order valence-electron chi connectivity index (χ2n) is 8.77. The van der Waals surface area contributed by atoms with Crippen molar-refractivity contribution in [1.82, 2.24) is 0 Å². The number of rotatable bonds is 10. The zero-order valence-corrected chi connectivity index (χ0v) is 26.0. The third kappa shape index (κ3) is 20.5. The van der Waals surface area contributed by atoms with Crippen molar-refractivity contribution in [1.29, 1.82) is 0 Å². The van der Waals surface area contributed by atoms with Crippen LogP contribution in [-0.2, 0) is 76.3 Å². The number of hydrogen-bond donors (Lipinski definition) is 4. The Morgan fingerprint density at radius 3 is 1.00 bits per heavy atom. The molecular formula is C26H40O20. The summed E-state index contributed by atoms with van der Waals surface area (Å²) in [5.41, 5.74) is 0. The van der Waals surface area contributed by atoms with Crippen molar-refractivity contribution in [3.63, 3.8) is 0 Å². The minimum Gasteiger partial charge on any atom is -0.460 e. The van der Waals surface area contributed by atoms with Crippen LogP contribution in [0.5, 0.6) is 0 Å². The van der Waals surface area contributed by atoms with E-state index >= 15 is 0 Å². The lowest BCUT2D eigenvalue weighted by Crippen LogP contribution is -2.40. The molecule has 0 saturated carbocycles. The average molecular weight is 673 g/mol. The van der Waals surface area contributed by atoms with Crippen LogP contribution in [0, 0.1) is 0 Å². The van der Waals surface area contributed by atoms with E-state index in [4.69, 9.17) is 20.4 Å². The summed E-state index contributed by atoms with van der Waals surface area (Å²) in [6.07, 6.45) is -5.68. The Morgan fingerprint density at radius 2 is 0.804 bits per heavy atom. The molecule has 0 aliphatic carbocycles. The number of carbonyl (C=O) groups excluding carboxylic acids is 8. The van der Waals surface area contributed by atoms with Crippen LogP contribution < -0.4 is 0 Å². The molecule has 0 bridgehead atoms. The molecule has 0 aromatic heterocycles. The van der Waals surface area contributed by atoms with Crippen LogP contribution in [-0.4, -0.2) is 144 Å². The molecule has 0 aromatic carbocycles. The summed E-state index contributed by atoms with van der Waals surface area (Å²) in [6.45, 7) is 6.08. The van der Waals surface area contributed by atoms with Crippen molar-refractivity contribution < 1.29 is 96.7 Å². The van der Waals surface area contributed by atoms with Crippen molar-refractivity contribution in [2.45, 2.75) is 78.2 Å². The molecule has 46 heavy (non-hydrogen) atoms. The number of cyclic esters (lactones) is 4. The van der Waals surface area contributed by atoms with E-state index in [1.807, 2.05) is 0 Å². The van der Waals surface area contributed by atoms with Gasteiger partial charge in [-0.05, 0) is 41.5 Å². The topological polar surface area (TPSA) is 291 Å². The normalized spacial score (nSPS) is 21.1. The minimum atomic E-state index is -1.35. The molecule has 2 fully saturated rings. The molecule has 2 aliphatic rings. The lowest BCUT2D eigenvalue weighted by molar-refractivity contribution is -0.191. The fourth-order valence-corrected chi connectivity index (χ4v) is 2.17. The van der Waals surface area contributed by atoms with Crippen LogP contribution in [0.4, 0.5) is 0 Å². The van der Waals surface area contributed by atoms with Gasteiger partial charge in [-0.3, -0.25) is 0 Å². The molecular weight excluding hydrogens is 632 g/mol. The number of aliphatic hydroxyl groups excluding tert-OH is 4. The van der Waals surface area contributed by atoms with Crippen LogP contribution >= 0.6 is 0 Å². The van der Waals surface area contributed by atoms with Gasteiger partial charge in [0.25, 0.3) is 0 Å². The highest BCUT2D eigenvalue weighted by atomic mass is 16.7. The molecule has 2 rings (SSSR count). The fraction of sp³-hybridized carbons (Fsp3) is 0.692. The van der Waals surface area contributed by atoms with Gasteiger partial charge in [0.15, 0.2) is 37.6 Å². The molecule has 6 atom stereocenters. The van der Waals surface area contributed by atoms with E-state index in [0.29, 0.717) is 0 Å². The predicted octanol–water partition coefficient (Wildman–Crippen LogP) is -3.38. The first-order chi connectivity index (χ1) is 21.4. The highest BCUT2D eigenvalue weighted by Crippen LogP contribution is 2.09. The molecule has 6 unspecified atom stereocenters. The number of ether oxygens (including phenoxy) is 8. The monoisotopic (exact) mass is 672 g/mol. The third-order valence-electron chi connectivity index (χ3n) is 4.56. The molecule has 264 valence electrons. The molecule has 20 nitrogen and oxygen atoms in total. The maximum Gasteiger partial charge on any atom is 0.347 e. The summed E-state index contributed by atoms with van der Waals surface area (Å²) >= 11 is 0. The highest BCUT2D eigenvalue weighted by molar-refractivity contribution is 5.87. The molecule has 2 saturated heterocycles.